The van der Waals surface area contributed by atoms with Crippen LogP contribution < -0.4 is 15.8 Å². The third-order valence-corrected chi connectivity index (χ3v) is 4.29. The normalized spacial score (nSPS) is 11.2. The van der Waals surface area contributed by atoms with Gasteiger partial charge < -0.3 is 21.0 Å². The lowest BCUT2D eigenvalue weighted by Gasteiger charge is -2.13. The largest absolute Gasteiger partial charge is 0.495 e. The van der Waals surface area contributed by atoms with E-state index in [1.54, 1.807) is 30.3 Å². The van der Waals surface area contributed by atoms with Crippen molar-refractivity contribution in [2.24, 2.45) is 10.9 Å². The molecule has 2 aromatic rings. The van der Waals surface area contributed by atoms with Gasteiger partial charge in [-0.3, -0.25) is 4.79 Å². The molecule has 6 nitrogen and oxygen atoms in total. The molecule has 0 atom stereocenters. The molecule has 110 valence electrons. The lowest BCUT2D eigenvalue weighted by atomic mass is 10.1. The maximum atomic E-state index is 12.2. The van der Waals surface area contributed by atoms with Crippen LogP contribution in [0.4, 0.5) is 5.69 Å². The van der Waals surface area contributed by atoms with E-state index in [-0.39, 0.29) is 11.7 Å². The number of thiophene rings is 1. The van der Waals surface area contributed by atoms with Gasteiger partial charge in [-0.2, -0.15) is 0 Å². The first-order valence-corrected chi connectivity index (χ1v) is 7.39. The Morgan fingerprint density at radius 3 is 2.76 bits per heavy atom. The minimum atomic E-state index is -0.304. The quantitative estimate of drug-likeness (QED) is 0.334. The van der Waals surface area contributed by atoms with Crippen molar-refractivity contribution in [3.8, 4) is 5.75 Å². The standard InChI is InChI=1S/C13H12BrN3O3S/c1-20-8-4-2-3-7(12(15)17-19)11(8)16-13(18)9-5-6-10(14)21-9/h2-6,19H,1H3,(H2,15,17)(H,16,18). The van der Waals surface area contributed by atoms with E-state index in [0.717, 1.165) is 3.79 Å². The maximum absolute atomic E-state index is 12.2. The monoisotopic (exact) mass is 369 g/mol. The summed E-state index contributed by atoms with van der Waals surface area (Å²) in [5, 5.41) is 14.5. The van der Waals surface area contributed by atoms with Gasteiger partial charge in [0.2, 0.25) is 0 Å². The molecule has 8 heteroatoms. The molecule has 0 saturated carbocycles. The first kappa shape index (κ1) is 15.3. The molecule has 1 aromatic heterocycles. The zero-order chi connectivity index (χ0) is 15.4. The van der Waals surface area contributed by atoms with Crippen LogP contribution in [0.5, 0.6) is 5.75 Å². The molecule has 0 aliphatic rings. The van der Waals surface area contributed by atoms with Crippen LogP contribution in [0.1, 0.15) is 15.2 Å². The first-order valence-electron chi connectivity index (χ1n) is 5.78. The zero-order valence-corrected chi connectivity index (χ0v) is 13.4. The molecule has 0 fully saturated rings. The lowest BCUT2D eigenvalue weighted by molar-refractivity contribution is 0.103. The van der Waals surface area contributed by atoms with Crippen LogP contribution in [0.25, 0.3) is 0 Å². The topological polar surface area (TPSA) is 96.9 Å². The van der Waals surface area contributed by atoms with Gasteiger partial charge in [0, 0.05) is 5.56 Å². The van der Waals surface area contributed by atoms with Gasteiger partial charge in [0.15, 0.2) is 5.84 Å². The lowest BCUT2D eigenvalue weighted by Crippen LogP contribution is -2.19. The second-order valence-corrected chi connectivity index (χ2v) is 6.39. The molecule has 4 N–H and O–H groups in total. The van der Waals surface area contributed by atoms with Crippen LogP contribution in [0.3, 0.4) is 0 Å². The highest BCUT2D eigenvalue weighted by atomic mass is 79.9. The molecule has 0 unspecified atom stereocenters. The average Bonchev–Trinajstić information content (AvgIpc) is 2.93. The number of benzene rings is 1. The van der Waals surface area contributed by atoms with E-state index in [1.165, 1.54) is 18.4 Å². The Hall–Kier alpha value is -2.06. The number of methoxy groups -OCH3 is 1. The summed E-state index contributed by atoms with van der Waals surface area (Å²) in [6.45, 7) is 0. The molecule has 0 saturated heterocycles. The van der Waals surface area contributed by atoms with Crippen LogP contribution >= 0.6 is 27.3 Å². The predicted octanol–water partition coefficient (Wildman–Crippen LogP) is 2.87. The molecule has 1 heterocycles. The van der Waals surface area contributed by atoms with Crippen LogP contribution in [-0.2, 0) is 0 Å². The second kappa shape index (κ2) is 6.59. The number of carbonyl (C=O) groups is 1. The summed E-state index contributed by atoms with van der Waals surface area (Å²) in [7, 11) is 1.47. The predicted molar refractivity (Wildman–Crippen MR) is 85.5 cm³/mol. The van der Waals surface area contributed by atoms with Crippen molar-refractivity contribution in [1.82, 2.24) is 0 Å². The molecule has 2 rings (SSSR count). The number of hydrogen-bond acceptors (Lipinski definition) is 5. The minimum Gasteiger partial charge on any atom is -0.495 e. The average molecular weight is 370 g/mol. The van der Waals surface area contributed by atoms with E-state index in [0.29, 0.717) is 21.9 Å². The number of rotatable bonds is 4. The van der Waals surface area contributed by atoms with Gasteiger partial charge in [-0.05, 0) is 40.2 Å². The Kier molecular flexibility index (Phi) is 4.81. The molecular formula is C13H12BrN3O3S. The smallest absolute Gasteiger partial charge is 0.265 e. The van der Waals surface area contributed by atoms with E-state index in [9.17, 15) is 4.79 Å². The number of halogens is 1. The molecule has 0 aliphatic carbocycles. The third kappa shape index (κ3) is 3.34. The minimum absolute atomic E-state index is 0.114. The summed E-state index contributed by atoms with van der Waals surface area (Å²) >= 11 is 4.61. The van der Waals surface area contributed by atoms with Crippen molar-refractivity contribution < 1.29 is 14.7 Å². The van der Waals surface area contributed by atoms with Gasteiger partial charge in [0.1, 0.15) is 5.75 Å². The van der Waals surface area contributed by atoms with Crippen LogP contribution in [0.15, 0.2) is 39.3 Å². The van der Waals surface area contributed by atoms with Gasteiger partial charge in [0.25, 0.3) is 5.91 Å². The van der Waals surface area contributed by atoms with Crippen LogP contribution in [0, 0.1) is 0 Å². The summed E-state index contributed by atoms with van der Waals surface area (Å²) in [6, 6.07) is 8.46. The van der Waals surface area contributed by atoms with Crippen molar-refractivity contribution in [2.45, 2.75) is 0 Å². The van der Waals surface area contributed by atoms with E-state index < -0.39 is 0 Å². The summed E-state index contributed by atoms with van der Waals surface area (Å²) in [5.74, 6) is 0.00169. The summed E-state index contributed by atoms with van der Waals surface area (Å²) in [4.78, 5) is 12.8. The number of nitrogens with two attached hydrogens (primary N) is 1. The third-order valence-electron chi connectivity index (χ3n) is 2.67. The Labute approximate surface area is 133 Å². The highest BCUT2D eigenvalue weighted by Crippen LogP contribution is 2.30. The van der Waals surface area contributed by atoms with Gasteiger partial charge >= 0.3 is 0 Å². The SMILES string of the molecule is COc1cccc(/C(N)=N/O)c1NC(=O)c1ccc(Br)s1. The molecule has 0 bridgehead atoms. The molecule has 0 aliphatic heterocycles. The van der Waals surface area contributed by atoms with E-state index in [2.05, 4.69) is 26.4 Å². The summed E-state index contributed by atoms with van der Waals surface area (Å²) < 4.78 is 6.06. The molecule has 1 aromatic carbocycles. The summed E-state index contributed by atoms with van der Waals surface area (Å²) in [6.07, 6.45) is 0. The maximum Gasteiger partial charge on any atom is 0.265 e. The van der Waals surface area contributed by atoms with Crippen molar-refractivity contribution in [3.05, 3.63) is 44.6 Å². The van der Waals surface area contributed by atoms with Gasteiger partial charge in [0.05, 0.1) is 21.5 Å². The number of carbonyl (C=O) groups excluding carboxylic acids is 1. The Bertz CT molecular complexity index is 700. The number of oxime groups is 1. The highest BCUT2D eigenvalue weighted by Gasteiger charge is 2.17. The van der Waals surface area contributed by atoms with Gasteiger partial charge in [-0.15, -0.1) is 11.3 Å². The van der Waals surface area contributed by atoms with Gasteiger partial charge in [-0.1, -0.05) is 11.2 Å². The molecule has 1 amide bonds. The number of ether oxygens (including phenoxy) is 1. The first-order chi connectivity index (χ1) is 10.1. The Morgan fingerprint density at radius 1 is 1.43 bits per heavy atom. The fourth-order valence-electron chi connectivity index (χ4n) is 1.71. The second-order valence-electron chi connectivity index (χ2n) is 3.93. The fourth-order valence-corrected chi connectivity index (χ4v) is 2.99. The number of hydrogen-bond donors (Lipinski definition) is 3. The van der Waals surface area contributed by atoms with Crippen molar-refractivity contribution >= 4 is 44.7 Å². The molecular weight excluding hydrogens is 358 g/mol. The van der Waals surface area contributed by atoms with E-state index in [1.807, 2.05) is 0 Å². The van der Waals surface area contributed by atoms with Crippen LogP contribution in [0.2, 0.25) is 0 Å². The number of nitrogens with zero attached hydrogens (tertiary/aromatic N) is 1. The molecule has 0 radical (unpaired) electrons. The van der Waals surface area contributed by atoms with E-state index >= 15 is 0 Å². The summed E-state index contributed by atoms with van der Waals surface area (Å²) in [5.41, 5.74) is 6.35. The van der Waals surface area contributed by atoms with Crippen LogP contribution in [-0.4, -0.2) is 24.1 Å². The number of amides is 1. The van der Waals surface area contributed by atoms with E-state index in [4.69, 9.17) is 15.7 Å². The Morgan fingerprint density at radius 2 is 2.19 bits per heavy atom. The molecule has 0 spiro atoms. The zero-order valence-electron chi connectivity index (χ0n) is 11.0. The van der Waals surface area contributed by atoms with Gasteiger partial charge in [-0.25, -0.2) is 0 Å². The highest BCUT2D eigenvalue weighted by molar-refractivity contribution is 9.11. The number of nitrogens with one attached hydrogen (secondary N) is 1. The number of anilines is 1. The Balaban J connectivity index is 2.40. The van der Waals surface area contributed by atoms with Crippen molar-refractivity contribution in [3.63, 3.8) is 0 Å². The van der Waals surface area contributed by atoms with Crippen molar-refractivity contribution in [2.75, 3.05) is 12.4 Å². The fraction of sp³-hybridized carbons (Fsp3) is 0.0769. The number of amidine groups is 1. The number of para-hydroxylation sites is 1. The van der Waals surface area contributed by atoms with Crippen molar-refractivity contribution in [1.29, 1.82) is 0 Å². The molecule has 21 heavy (non-hydrogen) atoms.